The monoisotopic (exact) mass is 598 g/mol. The van der Waals surface area contributed by atoms with Crippen molar-refractivity contribution in [1.29, 1.82) is 5.41 Å². The largest absolute Gasteiger partial charge is 0.416 e. The number of aliphatic hydroxyl groups is 2. The summed E-state index contributed by atoms with van der Waals surface area (Å²) in [6.07, 6.45) is -4.75. The number of aryl methyl sites for hydroxylation is 1. The van der Waals surface area contributed by atoms with Crippen LogP contribution < -0.4 is 5.32 Å². The highest BCUT2D eigenvalue weighted by molar-refractivity contribution is 6.32. The molecule has 2 aromatic carbocycles. The van der Waals surface area contributed by atoms with Crippen molar-refractivity contribution in [3.63, 3.8) is 0 Å². The van der Waals surface area contributed by atoms with Crippen LogP contribution in [0.25, 0.3) is 5.69 Å². The summed E-state index contributed by atoms with van der Waals surface area (Å²) in [6, 6.07) is 11.5. The lowest BCUT2D eigenvalue weighted by Gasteiger charge is -2.36. The normalized spacial score (nSPS) is 15.3. The molecule has 1 atom stereocenters. The van der Waals surface area contributed by atoms with E-state index in [1.807, 2.05) is 0 Å². The Labute approximate surface area is 238 Å². The summed E-state index contributed by atoms with van der Waals surface area (Å²) in [5.74, 6) is 0.0515. The van der Waals surface area contributed by atoms with Gasteiger partial charge in [-0.25, -0.2) is 14.5 Å². The van der Waals surface area contributed by atoms with E-state index in [4.69, 9.17) is 28.6 Å². The van der Waals surface area contributed by atoms with E-state index in [-0.39, 0.29) is 17.9 Å². The van der Waals surface area contributed by atoms with E-state index in [0.29, 0.717) is 52.1 Å². The Morgan fingerprint density at radius 1 is 1.18 bits per heavy atom. The summed E-state index contributed by atoms with van der Waals surface area (Å²) >= 11 is 12.2. The second kappa shape index (κ2) is 12.1. The maximum Gasteiger partial charge on any atom is 0.416 e. The SMILES string of the molecule is N=C(c1ccc(Cl)cc1)N(C[C@H](O)C(F)(F)F)C(=O)NCc1nc(CCC2(O)CCC2)n(-c2ccccc2Cl)n1. The van der Waals surface area contributed by atoms with Gasteiger partial charge in [0.2, 0.25) is 0 Å². The van der Waals surface area contributed by atoms with Crippen molar-refractivity contribution in [1.82, 2.24) is 25.0 Å². The Morgan fingerprint density at radius 2 is 1.85 bits per heavy atom. The lowest BCUT2D eigenvalue weighted by atomic mass is 9.77. The molecule has 4 rings (SSSR count). The first kappa shape index (κ1) is 29.8. The predicted octanol–water partition coefficient (Wildman–Crippen LogP) is 4.88. The molecule has 1 fully saturated rings. The van der Waals surface area contributed by atoms with Crippen LogP contribution in [0.3, 0.4) is 0 Å². The number of urea groups is 1. The van der Waals surface area contributed by atoms with Crippen LogP contribution in [0.4, 0.5) is 18.0 Å². The Hall–Kier alpha value is -3.19. The Bertz CT molecular complexity index is 1360. The number of benzene rings is 2. The fourth-order valence-corrected chi connectivity index (χ4v) is 4.53. The summed E-state index contributed by atoms with van der Waals surface area (Å²) in [5.41, 5.74) is -0.122. The molecule has 0 radical (unpaired) electrons. The number of para-hydroxylation sites is 1. The zero-order valence-electron chi connectivity index (χ0n) is 21.1. The lowest BCUT2D eigenvalue weighted by Crippen LogP contribution is -2.50. The zero-order valence-corrected chi connectivity index (χ0v) is 22.6. The molecule has 0 saturated heterocycles. The fraction of sp³-hybridized carbons (Fsp3) is 0.385. The lowest BCUT2D eigenvalue weighted by molar-refractivity contribution is -0.204. The van der Waals surface area contributed by atoms with E-state index in [0.717, 1.165) is 6.42 Å². The molecular formula is C26H27Cl2F3N6O3. The molecule has 0 aliphatic heterocycles. The van der Waals surface area contributed by atoms with Gasteiger partial charge in [0.25, 0.3) is 0 Å². The fourth-order valence-electron chi connectivity index (χ4n) is 4.19. The van der Waals surface area contributed by atoms with Crippen molar-refractivity contribution < 1.29 is 28.2 Å². The van der Waals surface area contributed by atoms with Gasteiger partial charge in [0.15, 0.2) is 11.9 Å². The van der Waals surface area contributed by atoms with Crippen LogP contribution in [0.1, 0.15) is 42.9 Å². The van der Waals surface area contributed by atoms with E-state index < -0.39 is 36.3 Å². The summed E-state index contributed by atoms with van der Waals surface area (Å²) in [7, 11) is 0. The summed E-state index contributed by atoms with van der Waals surface area (Å²) in [4.78, 5) is 18.0. The highest BCUT2D eigenvalue weighted by Gasteiger charge is 2.41. The average Bonchev–Trinajstić information content (AvgIpc) is 3.30. The summed E-state index contributed by atoms with van der Waals surface area (Å²) in [5, 5.41) is 36.2. The first-order valence-electron chi connectivity index (χ1n) is 12.4. The zero-order chi connectivity index (χ0) is 29.1. The molecule has 1 aliphatic rings. The molecule has 14 heteroatoms. The third-order valence-corrected chi connectivity index (χ3v) is 7.23. The number of aliphatic hydroxyl groups excluding tert-OH is 1. The Kier molecular flexibility index (Phi) is 9.03. The molecule has 0 unspecified atom stereocenters. The van der Waals surface area contributed by atoms with Gasteiger partial charge in [-0.1, -0.05) is 35.3 Å². The van der Waals surface area contributed by atoms with Crippen LogP contribution >= 0.6 is 23.2 Å². The number of amides is 2. The number of rotatable bonds is 9. The van der Waals surface area contributed by atoms with Crippen molar-refractivity contribution in [2.75, 3.05) is 6.54 Å². The molecule has 4 N–H and O–H groups in total. The first-order valence-corrected chi connectivity index (χ1v) is 13.2. The van der Waals surface area contributed by atoms with Crippen LogP contribution in [-0.4, -0.2) is 66.2 Å². The van der Waals surface area contributed by atoms with Crippen LogP contribution in [0.2, 0.25) is 10.0 Å². The van der Waals surface area contributed by atoms with Gasteiger partial charge in [0.1, 0.15) is 11.7 Å². The standard InChI is InChI=1S/C26H27Cl2F3N6O3/c27-17-8-6-16(7-9-17)23(32)36(15-20(38)26(29,30)31)24(39)33-14-21-34-22(10-13-25(40)11-3-12-25)37(35-21)19-5-2-1-4-18(19)28/h1-2,4-9,20,32,38,40H,3,10-15H2,(H,33,39)/t20-/m0/s1. The van der Waals surface area contributed by atoms with Crippen LogP contribution in [0.15, 0.2) is 48.5 Å². The molecule has 1 aromatic heterocycles. The smallest absolute Gasteiger partial charge is 0.390 e. The van der Waals surface area contributed by atoms with Gasteiger partial charge in [-0.15, -0.1) is 5.10 Å². The van der Waals surface area contributed by atoms with Crippen LogP contribution in [-0.2, 0) is 13.0 Å². The van der Waals surface area contributed by atoms with Gasteiger partial charge < -0.3 is 15.5 Å². The minimum atomic E-state index is -5.01. The molecule has 1 aliphatic carbocycles. The Balaban J connectivity index is 1.55. The van der Waals surface area contributed by atoms with Crippen molar-refractivity contribution in [2.45, 2.75) is 56.5 Å². The minimum Gasteiger partial charge on any atom is -0.390 e. The van der Waals surface area contributed by atoms with Gasteiger partial charge in [-0.2, -0.15) is 13.2 Å². The molecule has 40 heavy (non-hydrogen) atoms. The van der Waals surface area contributed by atoms with Crippen molar-refractivity contribution in [2.24, 2.45) is 0 Å². The third-order valence-electron chi connectivity index (χ3n) is 6.66. The average molecular weight is 599 g/mol. The number of halogens is 5. The number of nitrogens with zero attached hydrogens (tertiary/aromatic N) is 4. The van der Waals surface area contributed by atoms with E-state index in [9.17, 15) is 28.2 Å². The van der Waals surface area contributed by atoms with E-state index in [1.165, 1.54) is 28.9 Å². The molecule has 3 aromatic rings. The number of aromatic nitrogens is 3. The molecule has 0 spiro atoms. The molecular weight excluding hydrogens is 572 g/mol. The van der Waals surface area contributed by atoms with Gasteiger partial charge in [0, 0.05) is 17.0 Å². The van der Waals surface area contributed by atoms with Crippen LogP contribution in [0, 0.1) is 5.41 Å². The predicted molar refractivity (Wildman–Crippen MR) is 143 cm³/mol. The molecule has 2 amide bonds. The first-order chi connectivity index (χ1) is 18.9. The van der Waals surface area contributed by atoms with E-state index in [1.54, 1.807) is 24.3 Å². The second-order valence-electron chi connectivity index (χ2n) is 9.57. The maximum atomic E-state index is 13.1. The van der Waals surface area contributed by atoms with Crippen molar-refractivity contribution in [3.8, 4) is 5.69 Å². The number of hydrogen-bond acceptors (Lipinski definition) is 6. The van der Waals surface area contributed by atoms with Gasteiger partial charge in [0.05, 0.1) is 29.4 Å². The minimum absolute atomic E-state index is 0.117. The maximum absolute atomic E-state index is 13.1. The number of carbonyl (C=O) groups excluding carboxylic acids is 1. The molecule has 1 saturated carbocycles. The number of nitrogens with one attached hydrogen (secondary N) is 2. The second-order valence-corrected chi connectivity index (χ2v) is 10.4. The Morgan fingerprint density at radius 3 is 2.45 bits per heavy atom. The number of alkyl halides is 3. The molecule has 9 nitrogen and oxygen atoms in total. The van der Waals surface area contributed by atoms with E-state index in [2.05, 4.69) is 15.4 Å². The molecule has 1 heterocycles. The summed E-state index contributed by atoms with van der Waals surface area (Å²) < 4.78 is 40.9. The molecule has 0 bridgehead atoms. The van der Waals surface area contributed by atoms with Gasteiger partial charge in [-0.3, -0.25) is 10.3 Å². The summed E-state index contributed by atoms with van der Waals surface area (Å²) in [6.45, 7) is -1.50. The van der Waals surface area contributed by atoms with Crippen molar-refractivity contribution in [3.05, 3.63) is 75.8 Å². The van der Waals surface area contributed by atoms with E-state index >= 15 is 0 Å². The topological polar surface area (TPSA) is 127 Å². The van der Waals surface area contributed by atoms with Gasteiger partial charge >= 0.3 is 12.2 Å². The van der Waals surface area contributed by atoms with Crippen LogP contribution in [0.5, 0.6) is 0 Å². The molecule has 214 valence electrons. The quantitative estimate of drug-likeness (QED) is 0.206. The van der Waals surface area contributed by atoms with Gasteiger partial charge in [-0.05, 0) is 62.1 Å². The highest BCUT2D eigenvalue weighted by atomic mass is 35.5. The highest BCUT2D eigenvalue weighted by Crippen LogP contribution is 2.35. The van der Waals surface area contributed by atoms with Crippen molar-refractivity contribution >= 4 is 35.1 Å². The number of hydrogen-bond donors (Lipinski definition) is 4. The number of amidine groups is 1. The third kappa shape index (κ3) is 7.11. The number of carbonyl (C=O) groups is 1.